The zero-order valence-electron chi connectivity index (χ0n) is 5.35. The third-order valence-electron chi connectivity index (χ3n) is 1.14. The number of pyridine rings is 1. The van der Waals surface area contributed by atoms with Gasteiger partial charge in [0.05, 0.1) is 6.20 Å². The number of hydrogen-bond acceptors (Lipinski definition) is 1. The maximum atomic E-state index is 12.4. The fourth-order valence-corrected chi connectivity index (χ4v) is 1.32. The summed E-state index contributed by atoms with van der Waals surface area (Å²) >= 11 is 2.25. The Labute approximate surface area is 72.8 Å². The van der Waals surface area contributed by atoms with Gasteiger partial charge in [0.15, 0.2) is 0 Å². The van der Waals surface area contributed by atoms with Gasteiger partial charge < -0.3 is 0 Å². The summed E-state index contributed by atoms with van der Waals surface area (Å²) in [6, 6.07) is 1.52. The van der Waals surface area contributed by atoms with Crippen LogP contribution >= 0.6 is 22.6 Å². The molecule has 1 rings (SSSR count). The minimum atomic E-state index is -0.248. The fraction of sp³-hybridized carbons (Fsp3) is 0.286. The molecule has 0 saturated carbocycles. The molecule has 3 heteroatoms. The summed E-state index contributed by atoms with van der Waals surface area (Å²) < 4.78 is 13.4. The van der Waals surface area contributed by atoms with E-state index >= 15 is 0 Å². The first-order chi connectivity index (χ1) is 4.83. The van der Waals surface area contributed by atoms with Crippen molar-refractivity contribution in [2.75, 3.05) is 4.43 Å². The van der Waals surface area contributed by atoms with E-state index < -0.39 is 0 Å². The van der Waals surface area contributed by atoms with Gasteiger partial charge in [0.2, 0.25) is 0 Å². The van der Waals surface area contributed by atoms with Crippen molar-refractivity contribution in [3.63, 3.8) is 0 Å². The third-order valence-corrected chi connectivity index (χ3v) is 1.68. The highest BCUT2D eigenvalue weighted by Gasteiger charge is 1.93. The lowest BCUT2D eigenvalue weighted by Crippen LogP contribution is -1.88. The van der Waals surface area contributed by atoms with Crippen molar-refractivity contribution in [1.82, 2.24) is 4.98 Å². The lowest BCUT2D eigenvalue weighted by Gasteiger charge is -1.94. The van der Waals surface area contributed by atoms with E-state index in [0.717, 1.165) is 16.4 Å². The van der Waals surface area contributed by atoms with Crippen LogP contribution in [0.1, 0.15) is 5.56 Å². The highest BCUT2D eigenvalue weighted by atomic mass is 127. The Bertz CT molecular complexity index is 215. The first-order valence-electron chi connectivity index (χ1n) is 2.98. The van der Waals surface area contributed by atoms with Crippen LogP contribution in [0.5, 0.6) is 0 Å². The summed E-state index contributed by atoms with van der Waals surface area (Å²) in [6.07, 6.45) is 3.81. The molecule has 0 aromatic carbocycles. The summed E-state index contributed by atoms with van der Waals surface area (Å²) in [5, 5.41) is 0. The van der Waals surface area contributed by atoms with Crippen LogP contribution in [-0.4, -0.2) is 9.41 Å². The molecule has 0 amide bonds. The molecule has 0 saturated heterocycles. The molecule has 0 aliphatic heterocycles. The molecule has 0 unspecified atom stereocenters. The van der Waals surface area contributed by atoms with Crippen molar-refractivity contribution in [1.29, 1.82) is 0 Å². The second-order valence-corrected chi connectivity index (χ2v) is 3.03. The maximum Gasteiger partial charge on any atom is 0.141 e. The van der Waals surface area contributed by atoms with Crippen molar-refractivity contribution >= 4 is 22.6 Å². The van der Waals surface area contributed by atoms with Gasteiger partial charge in [-0.05, 0) is 18.1 Å². The molecule has 0 radical (unpaired) electrons. The normalized spacial score (nSPS) is 9.80. The highest BCUT2D eigenvalue weighted by molar-refractivity contribution is 14.1. The Morgan fingerprint density at radius 3 is 2.90 bits per heavy atom. The molecule has 1 heterocycles. The molecule has 1 nitrogen and oxygen atoms in total. The summed E-state index contributed by atoms with van der Waals surface area (Å²) in [4.78, 5) is 3.72. The number of aryl methyl sites for hydroxylation is 1. The van der Waals surface area contributed by atoms with Gasteiger partial charge >= 0.3 is 0 Å². The number of aromatic nitrogens is 1. The average molecular weight is 251 g/mol. The van der Waals surface area contributed by atoms with Gasteiger partial charge in [-0.3, -0.25) is 4.98 Å². The minimum absolute atomic E-state index is 0.248. The Morgan fingerprint density at radius 1 is 1.50 bits per heavy atom. The van der Waals surface area contributed by atoms with Crippen LogP contribution in [0.4, 0.5) is 4.39 Å². The molecule has 10 heavy (non-hydrogen) atoms. The van der Waals surface area contributed by atoms with Crippen molar-refractivity contribution in [2.45, 2.75) is 6.42 Å². The molecular weight excluding hydrogens is 244 g/mol. The molecule has 0 aliphatic rings. The van der Waals surface area contributed by atoms with E-state index in [4.69, 9.17) is 0 Å². The second kappa shape index (κ2) is 3.85. The van der Waals surface area contributed by atoms with E-state index in [1.807, 2.05) is 0 Å². The molecule has 0 fully saturated rings. The molecule has 0 N–H and O–H groups in total. The molecule has 1 aromatic heterocycles. The quantitative estimate of drug-likeness (QED) is 0.580. The lowest BCUT2D eigenvalue weighted by atomic mass is 10.2. The number of rotatable bonds is 2. The van der Waals surface area contributed by atoms with Crippen LogP contribution in [0.25, 0.3) is 0 Å². The molecular formula is C7H7FIN. The monoisotopic (exact) mass is 251 g/mol. The van der Waals surface area contributed by atoms with E-state index in [9.17, 15) is 4.39 Å². The number of halogens is 2. The van der Waals surface area contributed by atoms with E-state index in [0.29, 0.717) is 0 Å². The number of hydrogen-bond donors (Lipinski definition) is 0. The summed E-state index contributed by atoms with van der Waals surface area (Å²) in [5.41, 5.74) is 0.967. The summed E-state index contributed by atoms with van der Waals surface area (Å²) in [6.45, 7) is 0. The SMILES string of the molecule is Fc1cncc(CCI)c1. The highest BCUT2D eigenvalue weighted by Crippen LogP contribution is 2.02. The molecule has 0 spiro atoms. The van der Waals surface area contributed by atoms with E-state index in [1.165, 1.54) is 12.3 Å². The first kappa shape index (κ1) is 7.91. The standard InChI is InChI=1S/C7H7FIN/c8-7-3-6(1-2-9)4-10-5-7/h3-5H,1-2H2. The van der Waals surface area contributed by atoms with Crippen LogP contribution in [0.15, 0.2) is 18.5 Å². The van der Waals surface area contributed by atoms with Crippen molar-refractivity contribution in [3.05, 3.63) is 29.8 Å². The van der Waals surface area contributed by atoms with Crippen LogP contribution in [0.2, 0.25) is 0 Å². The van der Waals surface area contributed by atoms with Crippen molar-refractivity contribution in [3.8, 4) is 0 Å². The minimum Gasteiger partial charge on any atom is -0.261 e. The van der Waals surface area contributed by atoms with Gasteiger partial charge in [-0.15, -0.1) is 0 Å². The van der Waals surface area contributed by atoms with Crippen LogP contribution in [-0.2, 0) is 6.42 Å². The van der Waals surface area contributed by atoms with Gasteiger partial charge in [0.25, 0.3) is 0 Å². The van der Waals surface area contributed by atoms with Crippen LogP contribution in [0.3, 0.4) is 0 Å². The topological polar surface area (TPSA) is 12.9 Å². The second-order valence-electron chi connectivity index (χ2n) is 1.95. The molecule has 1 aromatic rings. The molecule has 54 valence electrons. The third kappa shape index (κ3) is 2.21. The molecule has 0 aliphatic carbocycles. The van der Waals surface area contributed by atoms with Crippen molar-refractivity contribution in [2.24, 2.45) is 0 Å². The first-order valence-corrected chi connectivity index (χ1v) is 4.51. The Balaban J connectivity index is 2.75. The number of nitrogens with zero attached hydrogens (tertiary/aromatic N) is 1. The molecule has 0 atom stereocenters. The largest absolute Gasteiger partial charge is 0.261 e. The van der Waals surface area contributed by atoms with Crippen LogP contribution < -0.4 is 0 Å². The van der Waals surface area contributed by atoms with E-state index in [-0.39, 0.29) is 5.82 Å². The summed E-state index contributed by atoms with van der Waals surface area (Å²) in [7, 11) is 0. The Hall–Kier alpha value is -0.190. The van der Waals surface area contributed by atoms with Gasteiger partial charge in [-0.2, -0.15) is 0 Å². The predicted octanol–water partition coefficient (Wildman–Crippen LogP) is 2.20. The van der Waals surface area contributed by atoms with Gasteiger partial charge in [-0.25, -0.2) is 4.39 Å². The van der Waals surface area contributed by atoms with Gasteiger partial charge in [-0.1, -0.05) is 22.6 Å². The predicted molar refractivity (Wildman–Crippen MR) is 46.8 cm³/mol. The summed E-state index contributed by atoms with van der Waals surface area (Å²) in [5.74, 6) is -0.248. The maximum absolute atomic E-state index is 12.4. The Morgan fingerprint density at radius 2 is 2.30 bits per heavy atom. The van der Waals surface area contributed by atoms with Crippen LogP contribution in [0, 0.1) is 5.82 Å². The van der Waals surface area contributed by atoms with E-state index in [1.54, 1.807) is 6.20 Å². The van der Waals surface area contributed by atoms with Crippen molar-refractivity contribution < 1.29 is 4.39 Å². The molecule has 0 bridgehead atoms. The van der Waals surface area contributed by atoms with Gasteiger partial charge in [0, 0.05) is 10.6 Å². The Kier molecular flexibility index (Phi) is 3.05. The smallest absolute Gasteiger partial charge is 0.141 e. The number of alkyl halides is 1. The van der Waals surface area contributed by atoms with E-state index in [2.05, 4.69) is 27.6 Å². The zero-order chi connectivity index (χ0) is 7.40. The zero-order valence-corrected chi connectivity index (χ0v) is 7.51. The van der Waals surface area contributed by atoms with Gasteiger partial charge in [0.1, 0.15) is 5.82 Å². The lowest BCUT2D eigenvalue weighted by molar-refractivity contribution is 0.619. The fourth-order valence-electron chi connectivity index (χ4n) is 0.702. The average Bonchev–Trinajstić information content (AvgIpc) is 1.88.